The number of rotatable bonds is 4. The Hall–Kier alpha value is -1.75. The van der Waals surface area contributed by atoms with Gasteiger partial charge in [0.2, 0.25) is 5.91 Å². The standard InChI is InChI=1S/C16H23N3O2/c1-12-11-13(12)16(20)17-19-9-7-18(8-10-19)14-5-3-4-6-15(14)21-2/h3-6,12-13H,7-11H2,1-2H3,(H,17,20). The predicted octanol–water partition coefficient (Wildman–Crippen LogP) is 1.50. The molecule has 2 unspecified atom stereocenters. The molecule has 21 heavy (non-hydrogen) atoms. The minimum Gasteiger partial charge on any atom is -0.495 e. The zero-order valence-corrected chi connectivity index (χ0v) is 12.7. The number of methoxy groups -OCH3 is 1. The number of amides is 1. The summed E-state index contributed by atoms with van der Waals surface area (Å²) >= 11 is 0. The lowest BCUT2D eigenvalue weighted by atomic mass is 10.2. The maximum Gasteiger partial charge on any atom is 0.237 e. The van der Waals surface area contributed by atoms with E-state index in [1.54, 1.807) is 7.11 Å². The van der Waals surface area contributed by atoms with E-state index in [2.05, 4.69) is 23.3 Å². The zero-order valence-electron chi connectivity index (χ0n) is 12.7. The second kappa shape index (κ2) is 5.93. The van der Waals surface area contributed by atoms with Gasteiger partial charge in [-0.05, 0) is 24.5 Å². The molecule has 1 aliphatic carbocycles. The van der Waals surface area contributed by atoms with Crippen molar-refractivity contribution >= 4 is 11.6 Å². The van der Waals surface area contributed by atoms with E-state index in [-0.39, 0.29) is 11.8 Å². The van der Waals surface area contributed by atoms with Gasteiger partial charge in [-0.2, -0.15) is 0 Å². The van der Waals surface area contributed by atoms with Gasteiger partial charge < -0.3 is 9.64 Å². The molecule has 3 rings (SSSR count). The third kappa shape index (κ3) is 3.13. The lowest BCUT2D eigenvalue weighted by Crippen LogP contribution is -2.54. The molecule has 0 spiro atoms. The third-order valence-corrected chi connectivity index (χ3v) is 4.42. The minimum atomic E-state index is 0.188. The fraction of sp³-hybridized carbons (Fsp3) is 0.562. The van der Waals surface area contributed by atoms with E-state index in [1.165, 1.54) is 0 Å². The number of benzene rings is 1. The van der Waals surface area contributed by atoms with Crippen LogP contribution in [0.25, 0.3) is 0 Å². The van der Waals surface area contributed by atoms with Gasteiger partial charge in [-0.25, -0.2) is 5.01 Å². The largest absolute Gasteiger partial charge is 0.495 e. The fourth-order valence-electron chi connectivity index (χ4n) is 2.88. The molecule has 2 atom stereocenters. The molecule has 1 amide bonds. The van der Waals surface area contributed by atoms with Crippen molar-refractivity contribution < 1.29 is 9.53 Å². The van der Waals surface area contributed by atoms with Gasteiger partial charge in [-0.3, -0.25) is 10.2 Å². The summed E-state index contributed by atoms with van der Waals surface area (Å²) < 4.78 is 5.42. The van der Waals surface area contributed by atoms with Crippen LogP contribution < -0.4 is 15.1 Å². The maximum atomic E-state index is 11.9. The molecule has 114 valence electrons. The molecule has 1 saturated carbocycles. The number of carbonyl (C=O) groups is 1. The average molecular weight is 289 g/mol. The highest BCUT2D eigenvalue weighted by atomic mass is 16.5. The Bertz CT molecular complexity index is 512. The minimum absolute atomic E-state index is 0.188. The first-order chi connectivity index (χ1) is 10.2. The quantitative estimate of drug-likeness (QED) is 0.912. The zero-order chi connectivity index (χ0) is 14.8. The Balaban J connectivity index is 1.54. The molecule has 1 aliphatic heterocycles. The Kier molecular flexibility index (Phi) is 4.01. The van der Waals surface area contributed by atoms with Crippen LogP contribution in [0.15, 0.2) is 24.3 Å². The summed E-state index contributed by atoms with van der Waals surface area (Å²) in [6.45, 7) is 5.58. The van der Waals surface area contributed by atoms with E-state index in [1.807, 2.05) is 23.2 Å². The molecule has 1 aromatic carbocycles. The number of hydrazine groups is 1. The van der Waals surface area contributed by atoms with Crippen LogP contribution in [-0.4, -0.2) is 44.2 Å². The van der Waals surface area contributed by atoms with Crippen LogP contribution in [0, 0.1) is 11.8 Å². The van der Waals surface area contributed by atoms with Crippen LogP contribution >= 0.6 is 0 Å². The Morgan fingerprint density at radius 2 is 1.90 bits per heavy atom. The molecule has 1 aromatic rings. The third-order valence-electron chi connectivity index (χ3n) is 4.42. The summed E-state index contributed by atoms with van der Waals surface area (Å²) in [4.78, 5) is 14.3. The number of nitrogens with one attached hydrogen (secondary N) is 1. The lowest BCUT2D eigenvalue weighted by molar-refractivity contribution is -0.127. The van der Waals surface area contributed by atoms with Crippen LogP contribution in [-0.2, 0) is 4.79 Å². The highest BCUT2D eigenvalue weighted by molar-refractivity contribution is 5.81. The van der Waals surface area contributed by atoms with Crippen molar-refractivity contribution in [2.75, 3.05) is 38.2 Å². The van der Waals surface area contributed by atoms with E-state index >= 15 is 0 Å². The van der Waals surface area contributed by atoms with Crippen LogP contribution in [0.3, 0.4) is 0 Å². The van der Waals surface area contributed by atoms with Crippen LogP contribution in [0.5, 0.6) is 5.75 Å². The van der Waals surface area contributed by atoms with Crippen molar-refractivity contribution in [1.82, 2.24) is 10.4 Å². The smallest absolute Gasteiger partial charge is 0.237 e. The lowest BCUT2D eigenvalue weighted by Gasteiger charge is -2.36. The van der Waals surface area contributed by atoms with Crippen LogP contribution in [0.2, 0.25) is 0 Å². The second-order valence-corrected chi connectivity index (χ2v) is 5.94. The topological polar surface area (TPSA) is 44.8 Å². The number of piperazine rings is 1. The molecular weight excluding hydrogens is 266 g/mol. The van der Waals surface area contributed by atoms with E-state index in [9.17, 15) is 4.79 Å². The van der Waals surface area contributed by atoms with Crippen molar-refractivity contribution in [2.24, 2.45) is 11.8 Å². The van der Waals surface area contributed by atoms with Gasteiger partial charge >= 0.3 is 0 Å². The number of nitrogens with zero attached hydrogens (tertiary/aromatic N) is 2. The molecular formula is C16H23N3O2. The number of ether oxygens (including phenoxy) is 1. The molecule has 2 aliphatic rings. The first kappa shape index (κ1) is 14.2. The first-order valence-corrected chi connectivity index (χ1v) is 7.62. The van der Waals surface area contributed by atoms with Gasteiger partial charge in [0, 0.05) is 32.1 Å². The fourth-order valence-corrected chi connectivity index (χ4v) is 2.88. The first-order valence-electron chi connectivity index (χ1n) is 7.62. The highest BCUT2D eigenvalue weighted by Crippen LogP contribution is 2.37. The predicted molar refractivity (Wildman–Crippen MR) is 82.2 cm³/mol. The highest BCUT2D eigenvalue weighted by Gasteiger charge is 2.39. The van der Waals surface area contributed by atoms with E-state index in [0.717, 1.165) is 44.0 Å². The van der Waals surface area contributed by atoms with E-state index in [4.69, 9.17) is 4.74 Å². The molecule has 2 fully saturated rings. The van der Waals surface area contributed by atoms with Crippen molar-refractivity contribution in [3.63, 3.8) is 0 Å². The SMILES string of the molecule is COc1ccccc1N1CCN(NC(=O)C2CC2C)CC1. The number of para-hydroxylation sites is 2. The van der Waals surface area contributed by atoms with Gasteiger partial charge in [-0.15, -0.1) is 0 Å². The molecule has 5 nitrogen and oxygen atoms in total. The van der Waals surface area contributed by atoms with Crippen molar-refractivity contribution in [1.29, 1.82) is 0 Å². The summed E-state index contributed by atoms with van der Waals surface area (Å²) in [7, 11) is 1.70. The van der Waals surface area contributed by atoms with Crippen LogP contribution in [0.1, 0.15) is 13.3 Å². The molecule has 1 N–H and O–H groups in total. The Morgan fingerprint density at radius 1 is 1.24 bits per heavy atom. The van der Waals surface area contributed by atoms with Crippen molar-refractivity contribution in [3.8, 4) is 5.75 Å². The molecule has 1 saturated heterocycles. The van der Waals surface area contributed by atoms with Crippen molar-refractivity contribution in [2.45, 2.75) is 13.3 Å². The summed E-state index contributed by atoms with van der Waals surface area (Å²) in [6, 6.07) is 8.08. The number of hydrogen-bond acceptors (Lipinski definition) is 4. The Morgan fingerprint density at radius 3 is 2.52 bits per heavy atom. The molecule has 0 bridgehead atoms. The second-order valence-electron chi connectivity index (χ2n) is 5.94. The molecule has 0 aromatic heterocycles. The van der Waals surface area contributed by atoms with Gasteiger partial charge in [0.05, 0.1) is 12.8 Å². The summed E-state index contributed by atoms with van der Waals surface area (Å²) in [5.74, 6) is 1.88. The number of hydrogen-bond donors (Lipinski definition) is 1. The van der Waals surface area contributed by atoms with E-state index in [0.29, 0.717) is 5.92 Å². The van der Waals surface area contributed by atoms with Gasteiger partial charge in [0.25, 0.3) is 0 Å². The summed E-state index contributed by atoms with van der Waals surface area (Å²) in [5, 5.41) is 2.04. The van der Waals surface area contributed by atoms with Crippen LogP contribution in [0.4, 0.5) is 5.69 Å². The van der Waals surface area contributed by atoms with E-state index < -0.39 is 0 Å². The van der Waals surface area contributed by atoms with Gasteiger partial charge in [0.1, 0.15) is 5.75 Å². The maximum absolute atomic E-state index is 11.9. The number of anilines is 1. The monoisotopic (exact) mass is 289 g/mol. The molecule has 0 radical (unpaired) electrons. The van der Waals surface area contributed by atoms with Gasteiger partial charge in [0.15, 0.2) is 0 Å². The molecule has 1 heterocycles. The summed E-state index contributed by atoms with van der Waals surface area (Å²) in [5.41, 5.74) is 4.17. The van der Waals surface area contributed by atoms with Crippen molar-refractivity contribution in [3.05, 3.63) is 24.3 Å². The Labute approximate surface area is 125 Å². The average Bonchev–Trinajstić information content (AvgIpc) is 3.25. The normalized spacial score (nSPS) is 25.5. The van der Waals surface area contributed by atoms with Gasteiger partial charge in [-0.1, -0.05) is 19.1 Å². The number of carbonyl (C=O) groups excluding carboxylic acids is 1. The summed E-state index contributed by atoms with van der Waals surface area (Å²) in [6.07, 6.45) is 1.03. The molecule has 5 heteroatoms.